The molecule has 0 radical (unpaired) electrons. The molecule has 29 heavy (non-hydrogen) atoms. The largest absolute Gasteiger partial charge is 0.480 e. The number of methoxy groups -OCH3 is 1. The van der Waals surface area contributed by atoms with Crippen molar-refractivity contribution < 1.29 is 24.2 Å². The number of aliphatic imine (C=N–C) groups is 1. The minimum absolute atomic E-state index is 0.112. The smallest absolute Gasteiger partial charge is 0.328 e. The number of aryl methyl sites for hydroxylation is 1. The summed E-state index contributed by atoms with van der Waals surface area (Å²) in [6.45, 7) is 1.15. The first-order valence-electron chi connectivity index (χ1n) is 9.56. The number of hydrogen-bond acceptors (Lipinski definition) is 7. The highest BCUT2D eigenvalue weighted by Gasteiger charge is 2.25. The number of amides is 1. The number of carbonyl (C=O) groups is 3. The number of nitrogens with one attached hydrogen (secondary N) is 2. The molecule has 0 spiro atoms. The minimum Gasteiger partial charge on any atom is -0.480 e. The first-order chi connectivity index (χ1) is 14.0. The van der Waals surface area contributed by atoms with E-state index in [1.165, 1.54) is 7.11 Å². The van der Waals surface area contributed by atoms with Gasteiger partial charge in [-0.05, 0) is 24.9 Å². The zero-order chi connectivity index (χ0) is 21.1. The van der Waals surface area contributed by atoms with Crippen LogP contribution in [-0.4, -0.2) is 79.6 Å². The highest BCUT2D eigenvalue weighted by molar-refractivity contribution is 5.94. The second kappa shape index (κ2) is 11.9. The lowest BCUT2D eigenvalue weighted by Gasteiger charge is -2.22. The van der Waals surface area contributed by atoms with Crippen LogP contribution in [0.3, 0.4) is 0 Å². The van der Waals surface area contributed by atoms with E-state index in [1.54, 1.807) is 4.90 Å². The molecule has 1 atom stereocenters. The third kappa shape index (κ3) is 8.41. The predicted molar refractivity (Wildman–Crippen MR) is 108 cm³/mol. The van der Waals surface area contributed by atoms with Crippen LogP contribution in [0.4, 0.5) is 0 Å². The first kappa shape index (κ1) is 22.5. The van der Waals surface area contributed by atoms with Gasteiger partial charge >= 0.3 is 11.9 Å². The summed E-state index contributed by atoms with van der Waals surface area (Å²) in [5.74, 6) is -1.98. The van der Waals surface area contributed by atoms with Gasteiger partial charge < -0.3 is 15.2 Å². The molecule has 0 aliphatic carbocycles. The van der Waals surface area contributed by atoms with Gasteiger partial charge in [-0.15, -0.1) is 0 Å². The van der Waals surface area contributed by atoms with Crippen LogP contribution in [0.1, 0.15) is 18.4 Å². The van der Waals surface area contributed by atoms with Crippen molar-refractivity contribution in [3.8, 4) is 0 Å². The molecule has 0 saturated carbocycles. The average Bonchev–Trinajstić information content (AvgIpc) is 3.20. The van der Waals surface area contributed by atoms with Crippen LogP contribution in [0.5, 0.6) is 0 Å². The Hall–Kier alpha value is -2.78. The van der Waals surface area contributed by atoms with E-state index in [4.69, 9.17) is 9.84 Å². The van der Waals surface area contributed by atoms with E-state index in [-0.39, 0.29) is 19.5 Å². The van der Waals surface area contributed by atoms with Crippen LogP contribution in [0.2, 0.25) is 0 Å². The molecule has 0 bridgehead atoms. The number of ether oxygens (including phenoxy) is 1. The van der Waals surface area contributed by atoms with Gasteiger partial charge in [-0.3, -0.25) is 24.8 Å². The SMILES string of the molecule is COC(=O)C(CC1=NCNC1)NC(=O)CN(CCCc1ccccc1)CC(=O)O. The number of nitrogens with zero attached hydrogens (tertiary/aromatic N) is 2. The maximum absolute atomic E-state index is 12.5. The fourth-order valence-electron chi connectivity index (χ4n) is 3.13. The molecule has 2 rings (SSSR count). The van der Waals surface area contributed by atoms with Gasteiger partial charge in [0.1, 0.15) is 6.04 Å². The van der Waals surface area contributed by atoms with Gasteiger partial charge in [-0.25, -0.2) is 4.79 Å². The molecule has 1 heterocycles. The number of carboxylic acid groups (broad SMARTS) is 1. The first-order valence-corrected chi connectivity index (χ1v) is 9.56. The second-order valence-corrected chi connectivity index (χ2v) is 6.85. The highest BCUT2D eigenvalue weighted by atomic mass is 16.5. The molecule has 1 unspecified atom stereocenters. The minimum atomic E-state index is -1.01. The lowest BCUT2D eigenvalue weighted by molar-refractivity contribution is -0.145. The Kier molecular flexibility index (Phi) is 9.26. The summed E-state index contributed by atoms with van der Waals surface area (Å²) in [5.41, 5.74) is 1.94. The van der Waals surface area contributed by atoms with E-state index in [0.29, 0.717) is 26.2 Å². The second-order valence-electron chi connectivity index (χ2n) is 6.85. The van der Waals surface area contributed by atoms with E-state index in [0.717, 1.165) is 17.7 Å². The predicted octanol–water partition coefficient (Wildman–Crippen LogP) is 0.0554. The maximum atomic E-state index is 12.5. The van der Waals surface area contributed by atoms with Crippen molar-refractivity contribution in [2.45, 2.75) is 25.3 Å². The number of hydrogen-bond donors (Lipinski definition) is 3. The molecular weight excluding hydrogens is 376 g/mol. The summed E-state index contributed by atoms with van der Waals surface area (Å²) >= 11 is 0. The lowest BCUT2D eigenvalue weighted by Crippen LogP contribution is -2.48. The standard InChI is InChI=1S/C20H28N4O5/c1-29-20(28)17(10-16-11-21-14-22-16)23-18(25)12-24(13-19(26)27)9-5-8-15-6-3-2-4-7-15/h2-4,6-7,17,21H,5,8-14H2,1H3,(H,23,25)(H,26,27). The molecule has 9 nitrogen and oxygen atoms in total. The van der Waals surface area contributed by atoms with Crippen molar-refractivity contribution in [1.82, 2.24) is 15.5 Å². The van der Waals surface area contributed by atoms with E-state index in [9.17, 15) is 14.4 Å². The molecule has 1 amide bonds. The molecule has 0 fully saturated rings. The number of aliphatic carboxylic acids is 1. The van der Waals surface area contributed by atoms with E-state index in [2.05, 4.69) is 15.6 Å². The Morgan fingerprint density at radius 2 is 2.03 bits per heavy atom. The van der Waals surface area contributed by atoms with Gasteiger partial charge in [0.15, 0.2) is 0 Å². The maximum Gasteiger partial charge on any atom is 0.328 e. The quantitative estimate of drug-likeness (QED) is 0.421. The zero-order valence-corrected chi connectivity index (χ0v) is 16.6. The number of esters is 1. The Morgan fingerprint density at radius 3 is 2.66 bits per heavy atom. The van der Waals surface area contributed by atoms with Gasteiger partial charge in [-0.1, -0.05) is 30.3 Å². The van der Waals surface area contributed by atoms with Crippen LogP contribution in [0.25, 0.3) is 0 Å². The normalized spacial score (nSPS) is 14.3. The summed E-state index contributed by atoms with van der Waals surface area (Å²) < 4.78 is 4.77. The molecule has 158 valence electrons. The van der Waals surface area contributed by atoms with Crippen LogP contribution >= 0.6 is 0 Å². The Morgan fingerprint density at radius 1 is 1.28 bits per heavy atom. The van der Waals surface area contributed by atoms with Crippen molar-refractivity contribution in [3.05, 3.63) is 35.9 Å². The number of rotatable bonds is 12. The molecular formula is C20H28N4O5. The van der Waals surface area contributed by atoms with Crippen LogP contribution in [0.15, 0.2) is 35.3 Å². The third-order valence-corrected chi connectivity index (χ3v) is 4.51. The van der Waals surface area contributed by atoms with Crippen molar-refractivity contribution in [3.63, 3.8) is 0 Å². The van der Waals surface area contributed by atoms with Crippen molar-refractivity contribution >= 4 is 23.6 Å². The van der Waals surface area contributed by atoms with Crippen LogP contribution in [0, 0.1) is 0 Å². The zero-order valence-electron chi connectivity index (χ0n) is 16.6. The van der Waals surface area contributed by atoms with Crippen molar-refractivity contribution in [1.29, 1.82) is 0 Å². The summed E-state index contributed by atoms with van der Waals surface area (Å²) in [7, 11) is 1.26. The van der Waals surface area contributed by atoms with E-state index < -0.39 is 23.9 Å². The topological polar surface area (TPSA) is 120 Å². The molecule has 1 aliphatic rings. The summed E-state index contributed by atoms with van der Waals surface area (Å²) in [4.78, 5) is 41.4. The Balaban J connectivity index is 1.88. The summed E-state index contributed by atoms with van der Waals surface area (Å²) in [6, 6.07) is 9.02. The average molecular weight is 404 g/mol. The molecule has 9 heteroatoms. The number of carbonyl (C=O) groups excluding carboxylic acids is 2. The monoisotopic (exact) mass is 404 g/mol. The molecule has 3 N–H and O–H groups in total. The Bertz CT molecular complexity index is 723. The van der Waals surface area contributed by atoms with Gasteiger partial charge in [0.2, 0.25) is 5.91 Å². The Labute approximate surface area is 170 Å². The van der Waals surface area contributed by atoms with E-state index >= 15 is 0 Å². The van der Waals surface area contributed by atoms with Crippen molar-refractivity contribution in [2.24, 2.45) is 4.99 Å². The van der Waals surface area contributed by atoms with Gasteiger partial charge in [0.25, 0.3) is 0 Å². The molecule has 0 saturated heterocycles. The third-order valence-electron chi connectivity index (χ3n) is 4.51. The summed E-state index contributed by atoms with van der Waals surface area (Å²) in [6.07, 6.45) is 1.77. The van der Waals surface area contributed by atoms with Gasteiger partial charge in [0.05, 0.1) is 26.9 Å². The summed E-state index contributed by atoms with van der Waals surface area (Å²) in [5, 5.41) is 14.8. The fraction of sp³-hybridized carbons (Fsp3) is 0.500. The molecule has 1 aliphatic heterocycles. The number of carboxylic acids is 1. The van der Waals surface area contributed by atoms with Gasteiger partial charge in [0, 0.05) is 18.7 Å². The fourth-order valence-corrected chi connectivity index (χ4v) is 3.13. The van der Waals surface area contributed by atoms with E-state index in [1.807, 2.05) is 30.3 Å². The lowest BCUT2D eigenvalue weighted by atomic mass is 10.1. The highest BCUT2D eigenvalue weighted by Crippen LogP contribution is 2.05. The molecule has 1 aromatic carbocycles. The van der Waals surface area contributed by atoms with Gasteiger partial charge in [-0.2, -0.15) is 0 Å². The molecule has 1 aromatic rings. The molecule has 0 aromatic heterocycles. The van der Waals surface area contributed by atoms with Crippen molar-refractivity contribution in [2.75, 3.05) is 40.0 Å². The van der Waals surface area contributed by atoms with Crippen LogP contribution in [-0.2, 0) is 25.5 Å². The van der Waals surface area contributed by atoms with Crippen LogP contribution < -0.4 is 10.6 Å². The number of benzene rings is 1.